The molecule has 0 spiro atoms. The van der Waals surface area contributed by atoms with E-state index in [9.17, 15) is 5.11 Å². The molecule has 132 valence electrons. The number of pyridine rings is 3. The fraction of sp³-hybridized carbons (Fsp3) is 0.286. The first-order valence-electron chi connectivity index (χ1n) is 8.94. The molecule has 0 unspecified atom stereocenters. The molecule has 1 aliphatic carbocycles. The molecule has 0 fully saturated rings. The summed E-state index contributed by atoms with van der Waals surface area (Å²) in [7, 11) is 0. The Hall–Kier alpha value is -2.79. The SMILES string of the molecule is OCc1cncc(-c2cc(OCc3ccccn3)nc3c2CCCC3)c1. The number of aliphatic hydroxyl groups is 1. The van der Waals surface area contributed by atoms with Crippen molar-refractivity contribution in [3.63, 3.8) is 0 Å². The minimum Gasteiger partial charge on any atom is -0.471 e. The van der Waals surface area contributed by atoms with Gasteiger partial charge in [-0.15, -0.1) is 0 Å². The molecule has 3 aromatic rings. The van der Waals surface area contributed by atoms with Gasteiger partial charge in [-0.3, -0.25) is 9.97 Å². The highest BCUT2D eigenvalue weighted by Crippen LogP contribution is 2.33. The van der Waals surface area contributed by atoms with Crippen molar-refractivity contribution in [2.24, 2.45) is 0 Å². The zero-order chi connectivity index (χ0) is 17.8. The molecule has 0 aromatic carbocycles. The van der Waals surface area contributed by atoms with E-state index in [1.807, 2.05) is 36.5 Å². The van der Waals surface area contributed by atoms with E-state index in [2.05, 4.69) is 9.97 Å². The molecule has 0 aliphatic heterocycles. The second-order valence-corrected chi connectivity index (χ2v) is 6.49. The molecular formula is C21H21N3O2. The first-order valence-corrected chi connectivity index (χ1v) is 8.94. The van der Waals surface area contributed by atoms with Crippen LogP contribution in [0.1, 0.15) is 35.4 Å². The Morgan fingerprint density at radius 3 is 2.85 bits per heavy atom. The summed E-state index contributed by atoms with van der Waals surface area (Å²) in [5.41, 5.74) is 6.17. The number of nitrogens with zero attached hydrogens (tertiary/aromatic N) is 3. The maximum absolute atomic E-state index is 9.43. The summed E-state index contributed by atoms with van der Waals surface area (Å²) in [6.45, 7) is 0.373. The average molecular weight is 347 g/mol. The highest BCUT2D eigenvalue weighted by molar-refractivity contribution is 5.69. The lowest BCUT2D eigenvalue weighted by molar-refractivity contribution is 0.281. The van der Waals surface area contributed by atoms with Crippen molar-refractivity contribution >= 4 is 0 Å². The molecule has 0 amide bonds. The Labute approximate surface area is 152 Å². The normalized spacial score (nSPS) is 13.3. The second kappa shape index (κ2) is 7.62. The summed E-state index contributed by atoms with van der Waals surface area (Å²) >= 11 is 0. The van der Waals surface area contributed by atoms with Gasteiger partial charge in [0.05, 0.1) is 12.3 Å². The van der Waals surface area contributed by atoms with Crippen molar-refractivity contribution in [2.45, 2.75) is 38.9 Å². The third kappa shape index (κ3) is 3.58. The van der Waals surface area contributed by atoms with Crippen LogP contribution < -0.4 is 4.74 Å². The number of hydrogen-bond donors (Lipinski definition) is 1. The predicted octanol–water partition coefficient (Wildman–Crippen LogP) is 3.49. The van der Waals surface area contributed by atoms with E-state index in [1.54, 1.807) is 12.4 Å². The molecule has 0 saturated heterocycles. The summed E-state index contributed by atoms with van der Waals surface area (Å²) < 4.78 is 5.93. The van der Waals surface area contributed by atoms with E-state index in [4.69, 9.17) is 9.72 Å². The molecule has 3 heterocycles. The predicted molar refractivity (Wildman–Crippen MR) is 98.6 cm³/mol. The van der Waals surface area contributed by atoms with Gasteiger partial charge in [0, 0.05) is 35.9 Å². The molecule has 0 saturated carbocycles. The van der Waals surface area contributed by atoms with Crippen molar-refractivity contribution in [3.8, 4) is 17.0 Å². The maximum Gasteiger partial charge on any atom is 0.214 e. The van der Waals surface area contributed by atoms with E-state index in [-0.39, 0.29) is 6.61 Å². The van der Waals surface area contributed by atoms with Crippen molar-refractivity contribution < 1.29 is 9.84 Å². The third-order valence-electron chi connectivity index (χ3n) is 4.66. The molecule has 0 bridgehead atoms. The Bertz CT molecular complexity index is 897. The average Bonchev–Trinajstić information content (AvgIpc) is 2.72. The summed E-state index contributed by atoms with van der Waals surface area (Å²) in [4.78, 5) is 13.3. The largest absolute Gasteiger partial charge is 0.471 e. The minimum atomic E-state index is -0.0167. The van der Waals surface area contributed by atoms with Crippen LogP contribution in [0, 0.1) is 0 Å². The maximum atomic E-state index is 9.43. The quantitative estimate of drug-likeness (QED) is 0.765. The lowest BCUT2D eigenvalue weighted by Gasteiger charge is -2.20. The Kier molecular flexibility index (Phi) is 4.88. The van der Waals surface area contributed by atoms with Crippen LogP contribution in [-0.2, 0) is 26.1 Å². The lowest BCUT2D eigenvalue weighted by Crippen LogP contribution is -2.09. The van der Waals surface area contributed by atoms with Crippen LogP contribution in [0.25, 0.3) is 11.1 Å². The zero-order valence-corrected chi connectivity index (χ0v) is 14.6. The zero-order valence-electron chi connectivity index (χ0n) is 14.6. The second-order valence-electron chi connectivity index (χ2n) is 6.49. The molecule has 3 aromatic heterocycles. The van der Waals surface area contributed by atoms with Crippen LogP contribution in [0.15, 0.2) is 48.9 Å². The van der Waals surface area contributed by atoms with Crippen LogP contribution in [0.2, 0.25) is 0 Å². The van der Waals surface area contributed by atoms with Crippen LogP contribution in [0.3, 0.4) is 0 Å². The fourth-order valence-electron chi connectivity index (χ4n) is 3.36. The minimum absolute atomic E-state index is 0.0167. The standard InChI is InChI=1S/C21H21N3O2/c25-13-15-9-16(12-22-11-15)19-10-21(24-20-7-2-1-6-18(19)20)26-14-17-5-3-4-8-23-17/h3-5,8-12,25H,1-2,6-7,13-14H2. The molecule has 0 atom stereocenters. The first kappa shape index (κ1) is 16.7. The van der Waals surface area contributed by atoms with E-state index in [0.717, 1.165) is 47.3 Å². The van der Waals surface area contributed by atoms with Gasteiger partial charge in [-0.25, -0.2) is 4.98 Å². The summed E-state index contributed by atoms with van der Waals surface area (Å²) in [5, 5.41) is 9.43. The molecule has 4 rings (SSSR count). The van der Waals surface area contributed by atoms with Crippen LogP contribution in [-0.4, -0.2) is 20.1 Å². The van der Waals surface area contributed by atoms with Gasteiger partial charge in [-0.1, -0.05) is 6.07 Å². The molecule has 26 heavy (non-hydrogen) atoms. The Morgan fingerprint density at radius 2 is 2.00 bits per heavy atom. The summed E-state index contributed by atoms with van der Waals surface area (Å²) in [6.07, 6.45) is 9.59. The third-order valence-corrected chi connectivity index (χ3v) is 4.66. The Morgan fingerprint density at radius 1 is 1.08 bits per heavy atom. The van der Waals surface area contributed by atoms with Gasteiger partial charge >= 0.3 is 0 Å². The van der Waals surface area contributed by atoms with Gasteiger partial charge in [0.25, 0.3) is 0 Å². The van der Waals surface area contributed by atoms with Gasteiger partial charge in [0.1, 0.15) is 6.61 Å². The van der Waals surface area contributed by atoms with Crippen LogP contribution >= 0.6 is 0 Å². The fourth-order valence-corrected chi connectivity index (χ4v) is 3.36. The van der Waals surface area contributed by atoms with Gasteiger partial charge in [0.15, 0.2) is 0 Å². The number of aliphatic hydroxyl groups excluding tert-OH is 1. The van der Waals surface area contributed by atoms with Crippen LogP contribution in [0.5, 0.6) is 5.88 Å². The number of aromatic nitrogens is 3. The van der Waals surface area contributed by atoms with E-state index in [1.165, 1.54) is 12.0 Å². The van der Waals surface area contributed by atoms with Crippen molar-refractivity contribution in [1.82, 2.24) is 15.0 Å². The van der Waals surface area contributed by atoms with E-state index in [0.29, 0.717) is 12.5 Å². The van der Waals surface area contributed by atoms with Gasteiger partial charge in [-0.05, 0) is 60.6 Å². The van der Waals surface area contributed by atoms with Crippen molar-refractivity contribution in [3.05, 3.63) is 71.4 Å². The van der Waals surface area contributed by atoms with E-state index < -0.39 is 0 Å². The summed E-state index contributed by atoms with van der Waals surface area (Å²) in [5.74, 6) is 0.612. The van der Waals surface area contributed by atoms with Gasteiger partial charge in [0.2, 0.25) is 5.88 Å². The highest BCUT2D eigenvalue weighted by atomic mass is 16.5. The van der Waals surface area contributed by atoms with Gasteiger partial charge < -0.3 is 9.84 Å². The van der Waals surface area contributed by atoms with Crippen LogP contribution in [0.4, 0.5) is 0 Å². The smallest absolute Gasteiger partial charge is 0.214 e. The molecule has 5 heteroatoms. The Balaban J connectivity index is 1.69. The lowest BCUT2D eigenvalue weighted by atomic mass is 9.89. The molecule has 5 nitrogen and oxygen atoms in total. The number of ether oxygens (including phenoxy) is 1. The highest BCUT2D eigenvalue weighted by Gasteiger charge is 2.18. The number of hydrogen-bond acceptors (Lipinski definition) is 5. The van der Waals surface area contributed by atoms with E-state index >= 15 is 0 Å². The molecule has 1 N–H and O–H groups in total. The topological polar surface area (TPSA) is 68.1 Å². The molecular weight excluding hydrogens is 326 g/mol. The monoisotopic (exact) mass is 347 g/mol. The number of rotatable bonds is 5. The number of fused-ring (bicyclic) bond motifs is 1. The number of aryl methyl sites for hydroxylation is 1. The van der Waals surface area contributed by atoms with Crippen molar-refractivity contribution in [2.75, 3.05) is 0 Å². The summed E-state index contributed by atoms with van der Waals surface area (Å²) in [6, 6.07) is 9.75. The molecule has 1 aliphatic rings. The molecule has 0 radical (unpaired) electrons. The first-order chi connectivity index (χ1) is 12.8. The van der Waals surface area contributed by atoms with Crippen molar-refractivity contribution in [1.29, 1.82) is 0 Å². The van der Waals surface area contributed by atoms with Gasteiger partial charge in [-0.2, -0.15) is 0 Å².